The Bertz CT molecular complexity index is 1110. The summed E-state index contributed by atoms with van der Waals surface area (Å²) < 4.78 is 28.0. The third-order valence-electron chi connectivity index (χ3n) is 4.92. The van der Waals surface area contributed by atoms with Gasteiger partial charge in [0.25, 0.3) is 10.0 Å². The standard InChI is InChI=1S/C24H26N2O3S/c1-18-14-15-23(19(2)16-18)26(30(28,29)22-12-8-5-9-13-22)17-24(27)25-20(3)21-10-6-4-7-11-21/h4-16,20H,17H2,1-3H3,(H,25,27)/t20-/m1/s1. The third kappa shape index (κ3) is 4.89. The van der Waals surface area contributed by atoms with E-state index in [1.165, 1.54) is 16.4 Å². The van der Waals surface area contributed by atoms with Gasteiger partial charge in [0, 0.05) is 0 Å². The number of aryl methyl sites for hydroxylation is 2. The van der Waals surface area contributed by atoms with Crippen LogP contribution in [0.4, 0.5) is 5.69 Å². The molecule has 0 aromatic heterocycles. The predicted octanol–water partition coefficient (Wildman–Crippen LogP) is 4.38. The van der Waals surface area contributed by atoms with Gasteiger partial charge in [0.05, 0.1) is 16.6 Å². The summed E-state index contributed by atoms with van der Waals surface area (Å²) in [6.07, 6.45) is 0. The molecule has 1 N–H and O–H groups in total. The molecule has 0 unspecified atom stereocenters. The van der Waals surface area contributed by atoms with Gasteiger partial charge in [0.15, 0.2) is 0 Å². The molecule has 3 rings (SSSR count). The summed E-state index contributed by atoms with van der Waals surface area (Å²) in [7, 11) is -3.91. The van der Waals surface area contributed by atoms with E-state index < -0.39 is 10.0 Å². The molecular formula is C24H26N2O3S. The fraction of sp³-hybridized carbons (Fsp3) is 0.208. The number of benzene rings is 3. The van der Waals surface area contributed by atoms with Gasteiger partial charge in [-0.15, -0.1) is 0 Å². The van der Waals surface area contributed by atoms with Crippen LogP contribution in [0.2, 0.25) is 0 Å². The Morgan fingerprint density at radius 3 is 2.13 bits per heavy atom. The number of nitrogens with zero attached hydrogens (tertiary/aromatic N) is 1. The minimum Gasteiger partial charge on any atom is -0.348 e. The quantitative estimate of drug-likeness (QED) is 0.615. The molecule has 0 aliphatic carbocycles. The van der Waals surface area contributed by atoms with Crippen LogP contribution >= 0.6 is 0 Å². The molecule has 30 heavy (non-hydrogen) atoms. The first kappa shape index (κ1) is 21.6. The maximum atomic E-state index is 13.4. The van der Waals surface area contributed by atoms with Gasteiger partial charge in [-0.3, -0.25) is 9.10 Å². The Balaban J connectivity index is 1.93. The van der Waals surface area contributed by atoms with Crippen LogP contribution in [0.5, 0.6) is 0 Å². The number of amides is 1. The van der Waals surface area contributed by atoms with Crippen molar-refractivity contribution in [1.29, 1.82) is 0 Å². The number of anilines is 1. The predicted molar refractivity (Wildman–Crippen MR) is 120 cm³/mol. The maximum absolute atomic E-state index is 13.4. The normalized spacial score (nSPS) is 12.2. The van der Waals surface area contributed by atoms with Crippen LogP contribution in [-0.4, -0.2) is 20.9 Å². The van der Waals surface area contributed by atoms with Crippen molar-refractivity contribution in [3.8, 4) is 0 Å². The molecule has 0 saturated carbocycles. The molecule has 3 aromatic carbocycles. The van der Waals surface area contributed by atoms with Crippen LogP contribution < -0.4 is 9.62 Å². The third-order valence-corrected chi connectivity index (χ3v) is 6.69. The highest BCUT2D eigenvalue weighted by Gasteiger charge is 2.28. The van der Waals surface area contributed by atoms with Crippen molar-refractivity contribution in [2.75, 3.05) is 10.8 Å². The number of nitrogens with one attached hydrogen (secondary N) is 1. The second-order valence-corrected chi connectivity index (χ2v) is 9.18. The summed E-state index contributed by atoms with van der Waals surface area (Å²) in [5.74, 6) is -0.370. The van der Waals surface area contributed by atoms with E-state index in [1.807, 2.05) is 63.2 Å². The van der Waals surface area contributed by atoms with Gasteiger partial charge >= 0.3 is 0 Å². The summed E-state index contributed by atoms with van der Waals surface area (Å²) in [6.45, 7) is 5.36. The Hall–Kier alpha value is -3.12. The average molecular weight is 423 g/mol. The summed E-state index contributed by atoms with van der Waals surface area (Å²) in [6, 6.07) is 23.0. The van der Waals surface area contributed by atoms with E-state index in [-0.39, 0.29) is 23.4 Å². The highest BCUT2D eigenvalue weighted by Crippen LogP contribution is 2.27. The van der Waals surface area contributed by atoms with Gasteiger partial charge in [-0.25, -0.2) is 8.42 Å². The van der Waals surface area contributed by atoms with Crippen LogP contribution in [-0.2, 0) is 14.8 Å². The Labute approximate surface area is 178 Å². The van der Waals surface area contributed by atoms with Gasteiger partial charge in [0.2, 0.25) is 5.91 Å². The number of hydrogen-bond acceptors (Lipinski definition) is 3. The first-order valence-corrected chi connectivity index (χ1v) is 11.2. The highest BCUT2D eigenvalue weighted by molar-refractivity contribution is 7.92. The Morgan fingerprint density at radius 2 is 1.53 bits per heavy atom. The van der Waals surface area contributed by atoms with Crippen LogP contribution in [0.15, 0.2) is 83.8 Å². The molecule has 3 aromatic rings. The van der Waals surface area contributed by atoms with Gasteiger partial charge < -0.3 is 5.32 Å². The molecule has 0 radical (unpaired) electrons. The van der Waals surface area contributed by atoms with E-state index in [0.717, 1.165) is 16.7 Å². The lowest BCUT2D eigenvalue weighted by molar-refractivity contribution is -0.120. The number of carbonyl (C=O) groups excluding carboxylic acids is 1. The molecule has 5 nitrogen and oxygen atoms in total. The van der Waals surface area contributed by atoms with E-state index in [4.69, 9.17) is 0 Å². The summed E-state index contributed by atoms with van der Waals surface area (Å²) in [5, 5.41) is 2.91. The van der Waals surface area contributed by atoms with Crippen LogP contribution in [0.25, 0.3) is 0 Å². The number of sulfonamides is 1. The van der Waals surface area contributed by atoms with Crippen molar-refractivity contribution >= 4 is 21.6 Å². The van der Waals surface area contributed by atoms with Gasteiger partial charge in [-0.05, 0) is 50.1 Å². The van der Waals surface area contributed by atoms with Crippen molar-refractivity contribution in [1.82, 2.24) is 5.32 Å². The lowest BCUT2D eigenvalue weighted by atomic mass is 10.1. The molecule has 0 aliphatic heterocycles. The van der Waals surface area contributed by atoms with E-state index in [0.29, 0.717) is 5.69 Å². The van der Waals surface area contributed by atoms with E-state index in [2.05, 4.69) is 5.32 Å². The molecule has 0 saturated heterocycles. The number of hydrogen-bond donors (Lipinski definition) is 1. The molecule has 0 aliphatic rings. The van der Waals surface area contributed by atoms with E-state index >= 15 is 0 Å². The summed E-state index contributed by atoms with van der Waals surface area (Å²) in [4.78, 5) is 13.0. The largest absolute Gasteiger partial charge is 0.348 e. The molecule has 0 heterocycles. The van der Waals surface area contributed by atoms with Gasteiger partial charge in [-0.2, -0.15) is 0 Å². The molecule has 0 bridgehead atoms. The fourth-order valence-corrected chi connectivity index (χ4v) is 4.85. The monoisotopic (exact) mass is 422 g/mol. The van der Waals surface area contributed by atoms with E-state index in [1.54, 1.807) is 24.3 Å². The van der Waals surface area contributed by atoms with Crippen LogP contribution in [0, 0.1) is 13.8 Å². The average Bonchev–Trinajstić information content (AvgIpc) is 2.73. The van der Waals surface area contributed by atoms with Crippen LogP contribution in [0.1, 0.15) is 29.7 Å². The minimum atomic E-state index is -3.91. The number of carbonyl (C=O) groups is 1. The Kier molecular flexibility index (Phi) is 6.57. The first-order chi connectivity index (χ1) is 14.3. The van der Waals surface area contributed by atoms with Crippen molar-refractivity contribution in [2.24, 2.45) is 0 Å². The summed E-state index contributed by atoms with van der Waals surface area (Å²) in [5.41, 5.74) is 3.26. The first-order valence-electron chi connectivity index (χ1n) is 9.78. The molecule has 6 heteroatoms. The van der Waals surface area contributed by atoms with Crippen molar-refractivity contribution < 1.29 is 13.2 Å². The van der Waals surface area contributed by atoms with Gasteiger partial charge in [0.1, 0.15) is 6.54 Å². The zero-order valence-electron chi connectivity index (χ0n) is 17.4. The lowest BCUT2D eigenvalue weighted by Crippen LogP contribution is -2.41. The number of rotatable bonds is 7. The van der Waals surface area contributed by atoms with E-state index in [9.17, 15) is 13.2 Å². The second-order valence-electron chi connectivity index (χ2n) is 7.31. The topological polar surface area (TPSA) is 66.5 Å². The second kappa shape index (κ2) is 9.13. The smallest absolute Gasteiger partial charge is 0.264 e. The van der Waals surface area contributed by atoms with Crippen molar-refractivity contribution in [3.63, 3.8) is 0 Å². The fourth-order valence-electron chi connectivity index (χ4n) is 3.35. The maximum Gasteiger partial charge on any atom is 0.264 e. The highest BCUT2D eigenvalue weighted by atomic mass is 32.2. The molecule has 156 valence electrons. The molecule has 1 amide bonds. The SMILES string of the molecule is Cc1ccc(N(CC(=O)N[C@H](C)c2ccccc2)S(=O)(=O)c2ccccc2)c(C)c1. The minimum absolute atomic E-state index is 0.147. The molecule has 0 fully saturated rings. The zero-order chi connectivity index (χ0) is 21.7. The molecular weight excluding hydrogens is 396 g/mol. The lowest BCUT2D eigenvalue weighted by Gasteiger charge is -2.26. The summed E-state index contributed by atoms with van der Waals surface area (Å²) >= 11 is 0. The Morgan fingerprint density at radius 1 is 0.933 bits per heavy atom. The molecule has 0 spiro atoms. The van der Waals surface area contributed by atoms with Crippen molar-refractivity contribution in [3.05, 3.63) is 95.6 Å². The zero-order valence-corrected chi connectivity index (χ0v) is 18.2. The van der Waals surface area contributed by atoms with Gasteiger partial charge in [-0.1, -0.05) is 66.2 Å². The molecule has 1 atom stereocenters. The van der Waals surface area contributed by atoms with Crippen molar-refractivity contribution in [2.45, 2.75) is 31.7 Å². The van der Waals surface area contributed by atoms with Crippen LogP contribution in [0.3, 0.4) is 0 Å².